The molecule has 1 atom stereocenters. The van der Waals surface area contributed by atoms with E-state index in [2.05, 4.69) is 43.4 Å². The molecule has 0 aromatic carbocycles. The van der Waals surface area contributed by atoms with E-state index in [1.807, 2.05) is 12.2 Å². The first kappa shape index (κ1) is 24.0. The maximum Gasteiger partial charge on any atom is 0.402 e. The summed E-state index contributed by atoms with van der Waals surface area (Å²) in [7, 11) is 0. The van der Waals surface area contributed by atoms with Crippen molar-refractivity contribution in [2.45, 2.75) is 58.0 Å². The smallest absolute Gasteiger partial charge is 0.402 e. The molecular weight excluding hydrogens is 341 g/mol. The molecule has 0 saturated heterocycles. The molecular formula is C21H29F3O2. The Balaban J connectivity index is 3.80. The fraction of sp³-hybridized carbons (Fsp3) is 0.476. The van der Waals surface area contributed by atoms with Crippen molar-refractivity contribution in [3.05, 3.63) is 60.8 Å². The van der Waals surface area contributed by atoms with E-state index in [4.69, 9.17) is 5.11 Å². The highest BCUT2D eigenvalue weighted by Gasteiger charge is 2.44. The van der Waals surface area contributed by atoms with Crippen LogP contribution in [-0.4, -0.2) is 17.3 Å². The van der Waals surface area contributed by atoms with Crippen molar-refractivity contribution in [3.63, 3.8) is 0 Å². The molecule has 1 unspecified atom stereocenters. The Morgan fingerprint density at radius 3 is 1.54 bits per heavy atom. The molecule has 26 heavy (non-hydrogen) atoms. The van der Waals surface area contributed by atoms with Gasteiger partial charge in [-0.3, -0.25) is 4.79 Å². The minimum atomic E-state index is -4.69. The molecule has 0 aliphatic rings. The van der Waals surface area contributed by atoms with E-state index in [0.717, 1.165) is 25.7 Å². The topological polar surface area (TPSA) is 37.3 Å². The lowest BCUT2D eigenvalue weighted by Crippen LogP contribution is -2.30. The van der Waals surface area contributed by atoms with Gasteiger partial charge in [-0.2, -0.15) is 13.2 Å². The van der Waals surface area contributed by atoms with Gasteiger partial charge in [0.05, 0.1) is 0 Å². The summed E-state index contributed by atoms with van der Waals surface area (Å²) in [5, 5.41) is 8.57. The Morgan fingerprint density at radius 2 is 1.19 bits per heavy atom. The Morgan fingerprint density at radius 1 is 0.808 bits per heavy atom. The van der Waals surface area contributed by atoms with Crippen LogP contribution in [0.5, 0.6) is 0 Å². The van der Waals surface area contributed by atoms with Gasteiger partial charge in [0.25, 0.3) is 0 Å². The average Bonchev–Trinajstić information content (AvgIpc) is 2.56. The van der Waals surface area contributed by atoms with Crippen molar-refractivity contribution >= 4 is 5.97 Å². The third-order valence-corrected chi connectivity index (χ3v) is 3.47. The van der Waals surface area contributed by atoms with Gasteiger partial charge in [-0.25, -0.2) is 0 Å². The standard InChI is InChI=1S/C21H29F3O2/c1-2-3-4-5-6-7-8-9-10-11-12-13-14-15-16-17-18-19(20(25)26)21(22,23)24/h3-4,6-7,9-10,12-13,15-16,19H,2,5,8,11,14,17-18H2,1H3,(H,25,26)/b4-3-,7-6-,10-9-,13-12-,16-15-. The summed E-state index contributed by atoms with van der Waals surface area (Å²) in [6, 6.07) is 0. The van der Waals surface area contributed by atoms with Gasteiger partial charge in [0.2, 0.25) is 0 Å². The molecule has 0 amide bonds. The molecule has 0 radical (unpaired) electrons. The average molecular weight is 370 g/mol. The second-order valence-corrected chi connectivity index (χ2v) is 5.72. The molecule has 0 saturated carbocycles. The molecule has 2 nitrogen and oxygen atoms in total. The lowest BCUT2D eigenvalue weighted by atomic mass is 10.0. The molecule has 0 spiro atoms. The Bertz CT molecular complexity index is 512. The summed E-state index contributed by atoms with van der Waals surface area (Å²) < 4.78 is 37.3. The van der Waals surface area contributed by atoms with E-state index < -0.39 is 24.5 Å². The molecule has 0 heterocycles. The third kappa shape index (κ3) is 14.3. The number of rotatable bonds is 13. The number of hydrogen-bond acceptors (Lipinski definition) is 1. The predicted octanol–water partition coefficient (Wildman–Crippen LogP) is 6.78. The second-order valence-electron chi connectivity index (χ2n) is 5.72. The largest absolute Gasteiger partial charge is 0.481 e. The van der Waals surface area contributed by atoms with Crippen LogP contribution in [0.2, 0.25) is 0 Å². The van der Waals surface area contributed by atoms with Crippen LogP contribution < -0.4 is 0 Å². The van der Waals surface area contributed by atoms with Gasteiger partial charge in [-0.15, -0.1) is 0 Å². The highest BCUT2D eigenvalue weighted by Crippen LogP contribution is 2.30. The number of carboxylic acid groups (broad SMARTS) is 1. The van der Waals surface area contributed by atoms with Gasteiger partial charge < -0.3 is 5.11 Å². The van der Waals surface area contributed by atoms with E-state index in [0.29, 0.717) is 6.42 Å². The van der Waals surface area contributed by atoms with Crippen LogP contribution >= 0.6 is 0 Å². The maximum absolute atomic E-state index is 12.4. The van der Waals surface area contributed by atoms with Crippen molar-refractivity contribution in [3.8, 4) is 0 Å². The molecule has 0 aliphatic heterocycles. The Kier molecular flexibility index (Phi) is 14.0. The zero-order chi connectivity index (χ0) is 19.7. The van der Waals surface area contributed by atoms with E-state index in [1.165, 1.54) is 0 Å². The lowest BCUT2D eigenvalue weighted by Gasteiger charge is -2.14. The summed E-state index contributed by atoms with van der Waals surface area (Å²) in [4.78, 5) is 10.6. The van der Waals surface area contributed by atoms with E-state index in [-0.39, 0.29) is 6.42 Å². The zero-order valence-corrected chi connectivity index (χ0v) is 15.3. The first-order valence-electron chi connectivity index (χ1n) is 8.94. The molecule has 0 bridgehead atoms. The normalized spacial score (nSPS) is 14.6. The molecule has 0 aromatic rings. The number of hydrogen-bond donors (Lipinski definition) is 1. The summed E-state index contributed by atoms with van der Waals surface area (Å²) >= 11 is 0. The van der Waals surface area contributed by atoms with Crippen LogP contribution in [0.1, 0.15) is 51.9 Å². The molecule has 5 heteroatoms. The van der Waals surface area contributed by atoms with Gasteiger partial charge in [0, 0.05) is 0 Å². The first-order valence-corrected chi connectivity index (χ1v) is 8.94. The van der Waals surface area contributed by atoms with Gasteiger partial charge in [-0.1, -0.05) is 67.7 Å². The summed E-state index contributed by atoms with van der Waals surface area (Å²) in [5.41, 5.74) is 0. The number of carboxylic acids is 1. The zero-order valence-electron chi connectivity index (χ0n) is 15.3. The number of carbonyl (C=O) groups is 1. The van der Waals surface area contributed by atoms with Gasteiger partial charge >= 0.3 is 12.1 Å². The SMILES string of the molecule is CC/C=C\C/C=C\C/C=C\C/C=C\C/C=C\CCC(C(=O)O)C(F)(F)F. The van der Waals surface area contributed by atoms with Crippen LogP contribution in [0.4, 0.5) is 13.2 Å². The highest BCUT2D eigenvalue weighted by atomic mass is 19.4. The molecule has 0 aromatic heterocycles. The number of alkyl halides is 3. The number of halogens is 3. The van der Waals surface area contributed by atoms with Crippen LogP contribution in [0, 0.1) is 5.92 Å². The van der Waals surface area contributed by atoms with Crippen molar-refractivity contribution in [1.29, 1.82) is 0 Å². The monoisotopic (exact) mass is 370 g/mol. The van der Waals surface area contributed by atoms with Gasteiger partial charge in [-0.05, 0) is 44.9 Å². The first-order chi connectivity index (χ1) is 12.4. The summed E-state index contributed by atoms with van der Waals surface area (Å²) in [6.45, 7) is 2.11. The van der Waals surface area contributed by atoms with Gasteiger partial charge in [0.15, 0.2) is 5.92 Å². The van der Waals surface area contributed by atoms with Crippen molar-refractivity contribution in [2.24, 2.45) is 5.92 Å². The molecule has 0 aliphatic carbocycles. The van der Waals surface area contributed by atoms with Crippen LogP contribution in [0.15, 0.2) is 60.8 Å². The predicted molar refractivity (Wildman–Crippen MR) is 101 cm³/mol. The fourth-order valence-electron chi connectivity index (χ4n) is 2.06. The molecule has 0 fully saturated rings. The molecule has 146 valence electrons. The van der Waals surface area contributed by atoms with E-state index >= 15 is 0 Å². The lowest BCUT2D eigenvalue weighted by molar-refractivity contribution is -0.194. The Labute approximate surface area is 154 Å². The third-order valence-electron chi connectivity index (χ3n) is 3.47. The van der Waals surface area contributed by atoms with Crippen LogP contribution in [0.3, 0.4) is 0 Å². The van der Waals surface area contributed by atoms with Crippen LogP contribution in [-0.2, 0) is 4.79 Å². The summed E-state index contributed by atoms with van der Waals surface area (Å²) in [5.74, 6) is -4.10. The van der Waals surface area contributed by atoms with E-state index in [9.17, 15) is 18.0 Å². The Hall–Kier alpha value is -2.04. The fourth-order valence-corrected chi connectivity index (χ4v) is 2.06. The van der Waals surface area contributed by atoms with E-state index in [1.54, 1.807) is 12.2 Å². The second kappa shape index (κ2) is 15.2. The highest BCUT2D eigenvalue weighted by molar-refractivity contribution is 5.70. The molecule has 1 N–H and O–H groups in total. The quantitative estimate of drug-likeness (QED) is 0.363. The van der Waals surface area contributed by atoms with Crippen LogP contribution in [0.25, 0.3) is 0 Å². The minimum Gasteiger partial charge on any atom is -0.481 e. The summed E-state index contributed by atoms with van der Waals surface area (Å²) in [6.07, 6.45) is 19.3. The molecule has 0 rings (SSSR count). The van der Waals surface area contributed by atoms with Crippen molar-refractivity contribution in [2.75, 3.05) is 0 Å². The number of aliphatic carboxylic acids is 1. The van der Waals surface area contributed by atoms with Crippen molar-refractivity contribution in [1.82, 2.24) is 0 Å². The number of allylic oxidation sites excluding steroid dienone is 10. The van der Waals surface area contributed by atoms with Crippen molar-refractivity contribution < 1.29 is 23.1 Å². The maximum atomic E-state index is 12.4. The minimum absolute atomic E-state index is 0.101. The van der Waals surface area contributed by atoms with Gasteiger partial charge in [0.1, 0.15) is 0 Å².